The number of hydrogen-bond donors (Lipinski definition) is 1. The smallest absolute Gasteiger partial charge is 0.274 e. The number of aromatic nitrogens is 2. The number of nitrogens with one attached hydrogen (secondary N) is 1. The summed E-state index contributed by atoms with van der Waals surface area (Å²) in [5, 5.41) is 4.14. The molecule has 1 aromatic carbocycles. The fraction of sp³-hybridized carbons (Fsp3) is 0.353. The lowest BCUT2D eigenvalue weighted by Gasteiger charge is -2.20. The minimum absolute atomic E-state index is 0.0986. The van der Waals surface area contributed by atoms with Crippen molar-refractivity contribution in [2.45, 2.75) is 26.7 Å². The zero-order chi connectivity index (χ0) is 17.5. The van der Waals surface area contributed by atoms with Crippen LogP contribution in [0.5, 0.6) is 0 Å². The summed E-state index contributed by atoms with van der Waals surface area (Å²) in [5.41, 5.74) is 0.968. The second-order valence-electron chi connectivity index (χ2n) is 5.33. The van der Waals surface area contributed by atoms with Crippen molar-refractivity contribution in [1.29, 1.82) is 0 Å². The van der Waals surface area contributed by atoms with Crippen LogP contribution in [-0.4, -0.2) is 33.9 Å². The molecule has 0 bridgehead atoms. The quantitative estimate of drug-likeness (QED) is 0.765. The molecule has 7 heteroatoms. The van der Waals surface area contributed by atoms with E-state index in [2.05, 4.69) is 15.3 Å². The minimum atomic E-state index is -0.0986. The van der Waals surface area contributed by atoms with Gasteiger partial charge in [0, 0.05) is 18.1 Å². The molecule has 0 saturated heterocycles. The van der Waals surface area contributed by atoms with Gasteiger partial charge in [0.15, 0.2) is 0 Å². The van der Waals surface area contributed by atoms with Crippen molar-refractivity contribution in [3.63, 3.8) is 0 Å². The average Bonchev–Trinajstić information content (AvgIpc) is 2.58. The molecule has 0 spiro atoms. The molecule has 2 aromatic rings. The lowest BCUT2D eigenvalue weighted by atomic mass is 10.3. The van der Waals surface area contributed by atoms with Crippen LogP contribution in [0.2, 0.25) is 10.0 Å². The first kappa shape index (κ1) is 18.5. The summed E-state index contributed by atoms with van der Waals surface area (Å²) in [6.45, 7) is 5.52. The van der Waals surface area contributed by atoms with Crippen molar-refractivity contribution in [3.8, 4) is 0 Å². The second-order valence-corrected chi connectivity index (χ2v) is 6.17. The SMILES string of the molecule is CCCN(CCC)C(=O)c1cnc(Nc2cc(Cl)ccc2Cl)cn1. The van der Waals surface area contributed by atoms with Gasteiger partial charge in [0.2, 0.25) is 0 Å². The number of carbonyl (C=O) groups is 1. The van der Waals surface area contributed by atoms with Crippen molar-refractivity contribution in [2.24, 2.45) is 0 Å². The van der Waals surface area contributed by atoms with Gasteiger partial charge in [-0.3, -0.25) is 4.79 Å². The van der Waals surface area contributed by atoms with E-state index in [1.54, 1.807) is 23.1 Å². The summed E-state index contributed by atoms with van der Waals surface area (Å²) < 4.78 is 0. The monoisotopic (exact) mass is 366 g/mol. The first-order valence-electron chi connectivity index (χ1n) is 7.88. The van der Waals surface area contributed by atoms with E-state index in [1.165, 1.54) is 12.4 Å². The number of nitrogens with zero attached hydrogens (tertiary/aromatic N) is 3. The van der Waals surface area contributed by atoms with Gasteiger partial charge in [0.05, 0.1) is 23.1 Å². The van der Waals surface area contributed by atoms with E-state index < -0.39 is 0 Å². The maximum atomic E-state index is 12.5. The fourth-order valence-electron chi connectivity index (χ4n) is 2.25. The van der Waals surface area contributed by atoms with Crippen molar-refractivity contribution < 1.29 is 4.79 Å². The first-order valence-corrected chi connectivity index (χ1v) is 8.64. The Morgan fingerprint density at radius 1 is 1.12 bits per heavy atom. The van der Waals surface area contributed by atoms with Gasteiger partial charge in [-0.2, -0.15) is 0 Å². The Kier molecular flexibility index (Phi) is 6.82. The van der Waals surface area contributed by atoms with Gasteiger partial charge in [-0.25, -0.2) is 9.97 Å². The Morgan fingerprint density at radius 3 is 2.42 bits per heavy atom. The standard InChI is InChI=1S/C17H20Cl2N4O/c1-3-7-23(8-4-2)17(24)15-10-21-16(11-20-15)22-14-9-12(18)5-6-13(14)19/h5-6,9-11H,3-4,7-8H2,1-2H3,(H,21,22). The molecule has 1 aromatic heterocycles. The van der Waals surface area contributed by atoms with Crippen LogP contribution < -0.4 is 5.32 Å². The number of anilines is 2. The molecule has 0 aliphatic heterocycles. The van der Waals surface area contributed by atoms with Crippen LogP contribution in [0.25, 0.3) is 0 Å². The minimum Gasteiger partial charge on any atom is -0.338 e. The topological polar surface area (TPSA) is 58.1 Å². The number of rotatable bonds is 7. The predicted molar refractivity (Wildman–Crippen MR) is 98.3 cm³/mol. The summed E-state index contributed by atoms with van der Waals surface area (Å²) in [4.78, 5) is 22.7. The van der Waals surface area contributed by atoms with Crippen LogP contribution >= 0.6 is 23.2 Å². The largest absolute Gasteiger partial charge is 0.338 e. The number of carbonyl (C=O) groups excluding carboxylic acids is 1. The highest BCUT2D eigenvalue weighted by Gasteiger charge is 2.16. The molecule has 1 N–H and O–H groups in total. The molecule has 0 aliphatic rings. The van der Waals surface area contributed by atoms with Crippen LogP contribution in [0.1, 0.15) is 37.2 Å². The highest BCUT2D eigenvalue weighted by molar-refractivity contribution is 6.35. The first-order chi connectivity index (χ1) is 11.5. The van der Waals surface area contributed by atoms with Gasteiger partial charge in [-0.05, 0) is 31.0 Å². The summed E-state index contributed by atoms with van der Waals surface area (Å²) in [7, 11) is 0. The maximum absolute atomic E-state index is 12.5. The van der Waals surface area contributed by atoms with Crippen LogP contribution in [0.15, 0.2) is 30.6 Å². The third kappa shape index (κ3) is 4.82. The predicted octanol–water partition coefficient (Wildman–Crippen LogP) is 4.79. The summed E-state index contributed by atoms with van der Waals surface area (Å²) in [6, 6.07) is 5.11. The van der Waals surface area contributed by atoms with Gasteiger partial charge in [-0.15, -0.1) is 0 Å². The van der Waals surface area contributed by atoms with E-state index in [1.807, 2.05) is 13.8 Å². The van der Waals surface area contributed by atoms with E-state index in [0.717, 1.165) is 12.8 Å². The Balaban J connectivity index is 2.12. The Labute approximate surface area is 152 Å². The third-order valence-electron chi connectivity index (χ3n) is 3.34. The molecule has 0 aliphatic carbocycles. The summed E-state index contributed by atoms with van der Waals surface area (Å²) in [6.07, 6.45) is 4.81. The normalized spacial score (nSPS) is 10.5. The van der Waals surface area contributed by atoms with E-state index in [0.29, 0.717) is 40.3 Å². The molecule has 0 saturated carbocycles. The number of halogens is 2. The van der Waals surface area contributed by atoms with E-state index in [-0.39, 0.29) is 5.91 Å². The number of benzene rings is 1. The molecular weight excluding hydrogens is 347 g/mol. The highest BCUT2D eigenvalue weighted by atomic mass is 35.5. The molecule has 24 heavy (non-hydrogen) atoms. The second kappa shape index (κ2) is 8.85. The van der Waals surface area contributed by atoms with Gasteiger partial charge in [0.25, 0.3) is 5.91 Å². The zero-order valence-electron chi connectivity index (χ0n) is 13.7. The Hall–Kier alpha value is -1.85. The van der Waals surface area contributed by atoms with E-state index in [9.17, 15) is 4.79 Å². The maximum Gasteiger partial charge on any atom is 0.274 e. The Bertz CT molecular complexity index is 685. The van der Waals surface area contributed by atoms with Crippen molar-refractivity contribution in [1.82, 2.24) is 14.9 Å². The van der Waals surface area contributed by atoms with E-state index >= 15 is 0 Å². The van der Waals surface area contributed by atoms with Crippen LogP contribution in [-0.2, 0) is 0 Å². The Morgan fingerprint density at radius 2 is 1.83 bits per heavy atom. The molecule has 0 atom stereocenters. The number of amides is 1. The van der Waals surface area contributed by atoms with Gasteiger partial charge in [0.1, 0.15) is 11.5 Å². The van der Waals surface area contributed by atoms with Crippen LogP contribution in [0.3, 0.4) is 0 Å². The lowest BCUT2D eigenvalue weighted by molar-refractivity contribution is 0.0749. The number of hydrogen-bond acceptors (Lipinski definition) is 4. The zero-order valence-corrected chi connectivity index (χ0v) is 15.2. The molecule has 0 radical (unpaired) electrons. The molecule has 128 valence electrons. The molecule has 1 amide bonds. The molecular formula is C17H20Cl2N4O. The summed E-state index contributed by atoms with van der Waals surface area (Å²) in [5.74, 6) is 0.395. The lowest BCUT2D eigenvalue weighted by Crippen LogP contribution is -2.33. The molecule has 0 fully saturated rings. The van der Waals surface area contributed by atoms with Gasteiger partial charge in [-0.1, -0.05) is 37.0 Å². The van der Waals surface area contributed by atoms with E-state index in [4.69, 9.17) is 23.2 Å². The fourth-order valence-corrected chi connectivity index (χ4v) is 2.59. The van der Waals surface area contributed by atoms with Gasteiger partial charge >= 0.3 is 0 Å². The van der Waals surface area contributed by atoms with Crippen molar-refractivity contribution in [2.75, 3.05) is 18.4 Å². The third-order valence-corrected chi connectivity index (χ3v) is 3.90. The van der Waals surface area contributed by atoms with Crippen molar-refractivity contribution in [3.05, 3.63) is 46.3 Å². The summed E-state index contributed by atoms with van der Waals surface area (Å²) >= 11 is 12.1. The average molecular weight is 367 g/mol. The van der Waals surface area contributed by atoms with Gasteiger partial charge < -0.3 is 10.2 Å². The highest BCUT2D eigenvalue weighted by Crippen LogP contribution is 2.27. The van der Waals surface area contributed by atoms with Crippen LogP contribution in [0.4, 0.5) is 11.5 Å². The molecule has 1 heterocycles. The molecule has 2 rings (SSSR count). The van der Waals surface area contributed by atoms with Crippen molar-refractivity contribution >= 4 is 40.6 Å². The van der Waals surface area contributed by atoms with Crippen LogP contribution in [0, 0.1) is 0 Å². The molecule has 5 nitrogen and oxygen atoms in total. The molecule has 0 unspecified atom stereocenters.